The van der Waals surface area contributed by atoms with E-state index in [4.69, 9.17) is 5.73 Å². The zero-order valence-electron chi connectivity index (χ0n) is 12.5. The molecule has 0 amide bonds. The van der Waals surface area contributed by atoms with Crippen molar-refractivity contribution in [3.8, 4) is 28.3 Å². The summed E-state index contributed by atoms with van der Waals surface area (Å²) in [6.45, 7) is 0. The Morgan fingerprint density at radius 2 is 1.71 bits per heavy atom. The first-order chi connectivity index (χ1) is 11.6. The van der Waals surface area contributed by atoms with Crippen LogP contribution in [0.5, 0.6) is 0 Å². The standard InChI is InChI=1S/C18H12N4O2/c19-10-15-17(13-6-8-14(9-7-13)22(23)24)16(11-21-18(15)20)12-4-2-1-3-5-12/h1-9,11H,(H2,20,21). The van der Waals surface area contributed by atoms with Gasteiger partial charge in [0.15, 0.2) is 0 Å². The smallest absolute Gasteiger partial charge is 0.269 e. The molecule has 3 aromatic rings. The van der Waals surface area contributed by atoms with Gasteiger partial charge in [-0.05, 0) is 23.3 Å². The average molecular weight is 316 g/mol. The molecule has 1 aromatic heterocycles. The van der Waals surface area contributed by atoms with E-state index in [0.29, 0.717) is 11.1 Å². The number of pyridine rings is 1. The minimum Gasteiger partial charge on any atom is -0.383 e. The van der Waals surface area contributed by atoms with Crippen molar-refractivity contribution in [1.82, 2.24) is 4.98 Å². The zero-order chi connectivity index (χ0) is 17.1. The minimum absolute atomic E-state index is 0.0134. The van der Waals surface area contributed by atoms with Crippen LogP contribution in [0.3, 0.4) is 0 Å². The molecule has 0 saturated carbocycles. The Hall–Kier alpha value is -3.72. The molecule has 3 rings (SSSR count). The number of non-ortho nitro benzene ring substituents is 1. The predicted molar refractivity (Wildman–Crippen MR) is 90.9 cm³/mol. The van der Waals surface area contributed by atoms with E-state index in [-0.39, 0.29) is 17.1 Å². The number of rotatable bonds is 3. The van der Waals surface area contributed by atoms with Crippen molar-refractivity contribution >= 4 is 11.5 Å². The lowest BCUT2D eigenvalue weighted by atomic mass is 9.92. The molecule has 6 heteroatoms. The third-order valence-electron chi connectivity index (χ3n) is 3.67. The zero-order valence-corrected chi connectivity index (χ0v) is 12.5. The molecule has 0 spiro atoms. The van der Waals surface area contributed by atoms with Gasteiger partial charge in [-0.2, -0.15) is 5.26 Å². The lowest BCUT2D eigenvalue weighted by Gasteiger charge is -2.13. The molecule has 24 heavy (non-hydrogen) atoms. The SMILES string of the molecule is N#Cc1c(N)ncc(-c2ccccc2)c1-c1ccc([N+](=O)[O-])cc1. The third-order valence-corrected chi connectivity index (χ3v) is 3.67. The summed E-state index contributed by atoms with van der Waals surface area (Å²) in [6, 6.07) is 17.6. The normalized spacial score (nSPS) is 10.1. The fraction of sp³-hybridized carbons (Fsp3) is 0. The van der Waals surface area contributed by atoms with E-state index in [2.05, 4.69) is 11.1 Å². The van der Waals surface area contributed by atoms with E-state index >= 15 is 0 Å². The first-order valence-corrected chi connectivity index (χ1v) is 7.10. The number of nitro groups is 1. The molecule has 116 valence electrons. The molecule has 1 heterocycles. The first-order valence-electron chi connectivity index (χ1n) is 7.10. The van der Waals surface area contributed by atoms with Crippen LogP contribution in [0.25, 0.3) is 22.3 Å². The molecule has 0 unspecified atom stereocenters. The van der Waals surface area contributed by atoms with Crippen molar-refractivity contribution in [3.05, 3.63) is 76.5 Å². The molecule has 0 aliphatic heterocycles. The van der Waals surface area contributed by atoms with Crippen LogP contribution in [0.2, 0.25) is 0 Å². The maximum Gasteiger partial charge on any atom is 0.269 e. The number of nitrogen functional groups attached to an aromatic ring is 1. The van der Waals surface area contributed by atoms with Crippen LogP contribution in [0.15, 0.2) is 60.8 Å². The van der Waals surface area contributed by atoms with E-state index in [0.717, 1.165) is 11.1 Å². The van der Waals surface area contributed by atoms with Gasteiger partial charge in [0.05, 0.1) is 4.92 Å². The van der Waals surface area contributed by atoms with Gasteiger partial charge in [-0.1, -0.05) is 30.3 Å². The van der Waals surface area contributed by atoms with Gasteiger partial charge < -0.3 is 5.73 Å². The second-order valence-corrected chi connectivity index (χ2v) is 5.09. The van der Waals surface area contributed by atoms with E-state index in [9.17, 15) is 15.4 Å². The number of hydrogen-bond donors (Lipinski definition) is 1. The molecule has 0 radical (unpaired) electrons. The van der Waals surface area contributed by atoms with Gasteiger partial charge in [-0.3, -0.25) is 10.1 Å². The molecule has 0 fully saturated rings. The molecule has 6 nitrogen and oxygen atoms in total. The number of aromatic nitrogens is 1. The highest BCUT2D eigenvalue weighted by molar-refractivity contribution is 5.89. The van der Waals surface area contributed by atoms with Crippen molar-refractivity contribution < 1.29 is 4.92 Å². The molecule has 2 aromatic carbocycles. The molecule has 2 N–H and O–H groups in total. The van der Waals surface area contributed by atoms with Crippen LogP contribution in [-0.4, -0.2) is 9.91 Å². The number of hydrogen-bond acceptors (Lipinski definition) is 5. The number of anilines is 1. The number of benzene rings is 2. The van der Waals surface area contributed by atoms with Crippen molar-refractivity contribution in [3.63, 3.8) is 0 Å². The Morgan fingerprint density at radius 3 is 2.29 bits per heavy atom. The maximum atomic E-state index is 10.8. The minimum atomic E-state index is -0.464. The largest absolute Gasteiger partial charge is 0.383 e. The lowest BCUT2D eigenvalue weighted by molar-refractivity contribution is -0.384. The molecular weight excluding hydrogens is 304 g/mol. The van der Waals surface area contributed by atoms with Gasteiger partial charge >= 0.3 is 0 Å². The quantitative estimate of drug-likeness (QED) is 0.584. The van der Waals surface area contributed by atoms with Gasteiger partial charge in [-0.25, -0.2) is 4.98 Å². The van der Waals surface area contributed by atoms with Crippen molar-refractivity contribution in [2.24, 2.45) is 0 Å². The van der Waals surface area contributed by atoms with Gasteiger partial charge in [0.25, 0.3) is 5.69 Å². The second-order valence-electron chi connectivity index (χ2n) is 5.09. The Morgan fingerprint density at radius 1 is 1.04 bits per heavy atom. The topological polar surface area (TPSA) is 106 Å². The Balaban J connectivity index is 2.27. The number of nitriles is 1. The Labute approximate surface area is 138 Å². The fourth-order valence-corrected chi connectivity index (χ4v) is 2.53. The van der Waals surface area contributed by atoms with Crippen LogP contribution in [0.1, 0.15) is 5.56 Å². The van der Waals surface area contributed by atoms with Crippen molar-refractivity contribution in [1.29, 1.82) is 5.26 Å². The summed E-state index contributed by atoms with van der Waals surface area (Å²) in [4.78, 5) is 14.5. The molecule has 0 atom stereocenters. The summed E-state index contributed by atoms with van der Waals surface area (Å²) < 4.78 is 0. The predicted octanol–water partition coefficient (Wildman–Crippen LogP) is 3.78. The molecule has 0 bridgehead atoms. The summed E-state index contributed by atoms with van der Waals surface area (Å²) in [7, 11) is 0. The van der Waals surface area contributed by atoms with Gasteiger partial charge in [0.1, 0.15) is 17.5 Å². The Kier molecular flexibility index (Phi) is 3.91. The van der Waals surface area contributed by atoms with E-state index in [1.165, 1.54) is 12.1 Å². The fourth-order valence-electron chi connectivity index (χ4n) is 2.53. The van der Waals surface area contributed by atoms with Crippen LogP contribution in [0.4, 0.5) is 11.5 Å². The number of nitrogens with two attached hydrogens (primary N) is 1. The average Bonchev–Trinajstić information content (AvgIpc) is 2.62. The van der Waals surface area contributed by atoms with Crippen molar-refractivity contribution in [2.75, 3.05) is 5.73 Å². The van der Waals surface area contributed by atoms with Gasteiger partial charge in [0, 0.05) is 29.5 Å². The van der Waals surface area contributed by atoms with Crippen molar-refractivity contribution in [2.45, 2.75) is 0 Å². The summed E-state index contributed by atoms with van der Waals surface area (Å²) >= 11 is 0. The van der Waals surface area contributed by atoms with Crippen LogP contribution >= 0.6 is 0 Å². The maximum absolute atomic E-state index is 10.8. The van der Waals surface area contributed by atoms with Crippen LogP contribution < -0.4 is 5.73 Å². The second kappa shape index (κ2) is 6.18. The van der Waals surface area contributed by atoms with Crippen LogP contribution in [-0.2, 0) is 0 Å². The van der Waals surface area contributed by atoms with Gasteiger partial charge in [0.2, 0.25) is 0 Å². The van der Waals surface area contributed by atoms with Gasteiger partial charge in [-0.15, -0.1) is 0 Å². The Bertz CT molecular complexity index is 945. The summed E-state index contributed by atoms with van der Waals surface area (Å²) in [5.74, 6) is 0.130. The molecular formula is C18H12N4O2. The lowest BCUT2D eigenvalue weighted by Crippen LogP contribution is -2.00. The molecule has 0 saturated heterocycles. The van der Waals surface area contributed by atoms with Crippen LogP contribution in [0, 0.1) is 21.4 Å². The number of nitrogens with zero attached hydrogens (tertiary/aromatic N) is 3. The molecule has 0 aliphatic rings. The van der Waals surface area contributed by atoms with E-state index < -0.39 is 4.92 Å². The summed E-state index contributed by atoms with van der Waals surface area (Å²) in [5.41, 5.74) is 9.01. The summed E-state index contributed by atoms with van der Waals surface area (Å²) in [5, 5.41) is 20.3. The highest BCUT2D eigenvalue weighted by Crippen LogP contribution is 2.36. The molecule has 0 aliphatic carbocycles. The number of nitro benzene ring substituents is 1. The monoisotopic (exact) mass is 316 g/mol. The third kappa shape index (κ3) is 2.66. The highest BCUT2D eigenvalue weighted by atomic mass is 16.6. The highest BCUT2D eigenvalue weighted by Gasteiger charge is 2.17. The van der Waals surface area contributed by atoms with E-state index in [1.807, 2.05) is 30.3 Å². The van der Waals surface area contributed by atoms with E-state index in [1.54, 1.807) is 18.3 Å². The summed E-state index contributed by atoms with van der Waals surface area (Å²) in [6.07, 6.45) is 1.61. The first kappa shape index (κ1) is 15.2.